The second-order valence-corrected chi connectivity index (χ2v) is 6.20. The van der Waals surface area contributed by atoms with Crippen LogP contribution in [0.1, 0.15) is 6.42 Å². The van der Waals surface area contributed by atoms with E-state index in [-0.39, 0.29) is 17.7 Å². The van der Waals surface area contributed by atoms with Crippen LogP contribution in [0.5, 0.6) is 5.75 Å². The fourth-order valence-corrected chi connectivity index (χ4v) is 2.94. The van der Waals surface area contributed by atoms with Crippen LogP contribution in [0.2, 0.25) is 0 Å². The summed E-state index contributed by atoms with van der Waals surface area (Å²) in [7, 11) is 0. The number of hydrogen-bond donors (Lipinski definition) is 2. The van der Waals surface area contributed by atoms with E-state index in [2.05, 4.69) is 4.90 Å². The highest BCUT2D eigenvalue weighted by atomic mass is 32.2. The monoisotopic (exact) mass is 309 g/mol. The minimum atomic E-state index is -0.377. The van der Waals surface area contributed by atoms with Gasteiger partial charge < -0.3 is 20.6 Å². The van der Waals surface area contributed by atoms with Gasteiger partial charge in [0.05, 0.1) is 6.04 Å². The van der Waals surface area contributed by atoms with Crippen LogP contribution in [0.15, 0.2) is 24.3 Å². The SMILES string of the molecule is CSCC[C@H](N)C(=O)N1CCN(c2ccc(O)cc2)CC1. The number of hydrogen-bond acceptors (Lipinski definition) is 5. The van der Waals surface area contributed by atoms with Crippen molar-refractivity contribution in [1.82, 2.24) is 4.90 Å². The Kier molecular flexibility index (Phi) is 5.76. The lowest BCUT2D eigenvalue weighted by Crippen LogP contribution is -2.53. The lowest BCUT2D eigenvalue weighted by molar-refractivity contribution is -0.132. The van der Waals surface area contributed by atoms with E-state index in [0.29, 0.717) is 13.1 Å². The largest absolute Gasteiger partial charge is 0.508 e. The second kappa shape index (κ2) is 7.56. The van der Waals surface area contributed by atoms with E-state index in [9.17, 15) is 9.90 Å². The number of anilines is 1. The zero-order valence-electron chi connectivity index (χ0n) is 12.4. The van der Waals surface area contributed by atoms with Crippen LogP contribution in [0, 0.1) is 0 Å². The average molecular weight is 309 g/mol. The van der Waals surface area contributed by atoms with Gasteiger partial charge in [-0.15, -0.1) is 0 Å². The van der Waals surface area contributed by atoms with Crippen molar-refractivity contribution in [3.8, 4) is 5.75 Å². The zero-order chi connectivity index (χ0) is 15.2. The highest BCUT2D eigenvalue weighted by molar-refractivity contribution is 7.98. The standard InChI is InChI=1S/C15H23N3O2S/c1-21-11-6-14(16)15(20)18-9-7-17(8-10-18)12-2-4-13(19)5-3-12/h2-5,14,19H,6-11,16H2,1H3/t14-/m0/s1. The Morgan fingerprint density at radius 3 is 2.48 bits per heavy atom. The molecule has 1 aromatic carbocycles. The Morgan fingerprint density at radius 2 is 1.90 bits per heavy atom. The van der Waals surface area contributed by atoms with E-state index in [1.807, 2.05) is 23.3 Å². The fraction of sp³-hybridized carbons (Fsp3) is 0.533. The van der Waals surface area contributed by atoms with Gasteiger partial charge in [-0.25, -0.2) is 0 Å². The first-order valence-corrected chi connectivity index (χ1v) is 8.58. The van der Waals surface area contributed by atoms with Crippen LogP contribution < -0.4 is 10.6 Å². The number of nitrogens with two attached hydrogens (primary N) is 1. The maximum atomic E-state index is 12.2. The summed E-state index contributed by atoms with van der Waals surface area (Å²) >= 11 is 1.71. The molecule has 3 N–H and O–H groups in total. The Balaban J connectivity index is 1.85. The number of benzene rings is 1. The first-order chi connectivity index (χ1) is 10.1. The lowest BCUT2D eigenvalue weighted by atomic mass is 10.2. The minimum absolute atomic E-state index is 0.0643. The summed E-state index contributed by atoms with van der Waals surface area (Å²) in [4.78, 5) is 16.3. The van der Waals surface area contributed by atoms with Crippen LogP contribution in [-0.4, -0.2) is 60.1 Å². The number of nitrogens with zero attached hydrogens (tertiary/aromatic N) is 2. The molecule has 1 fully saturated rings. The lowest BCUT2D eigenvalue weighted by Gasteiger charge is -2.37. The molecule has 0 saturated carbocycles. The molecule has 1 aliphatic rings. The number of phenols is 1. The van der Waals surface area contributed by atoms with Gasteiger partial charge in [0.1, 0.15) is 5.75 Å². The van der Waals surface area contributed by atoms with Gasteiger partial charge in [0.15, 0.2) is 0 Å². The van der Waals surface area contributed by atoms with Gasteiger partial charge in [-0.05, 0) is 42.7 Å². The second-order valence-electron chi connectivity index (χ2n) is 5.22. The van der Waals surface area contributed by atoms with Crippen molar-refractivity contribution < 1.29 is 9.90 Å². The number of rotatable bonds is 5. The molecule has 21 heavy (non-hydrogen) atoms. The molecule has 0 radical (unpaired) electrons. The van der Waals surface area contributed by atoms with Crippen LogP contribution in [0.25, 0.3) is 0 Å². The van der Waals surface area contributed by atoms with Crippen molar-refractivity contribution in [2.24, 2.45) is 5.73 Å². The number of thioether (sulfide) groups is 1. The molecule has 2 rings (SSSR count). The maximum absolute atomic E-state index is 12.2. The van der Waals surface area contributed by atoms with Gasteiger partial charge in [0.25, 0.3) is 0 Å². The predicted molar refractivity (Wildman–Crippen MR) is 87.9 cm³/mol. The third-order valence-electron chi connectivity index (χ3n) is 3.76. The summed E-state index contributed by atoms with van der Waals surface area (Å²) in [5.74, 6) is 1.25. The van der Waals surface area contributed by atoms with E-state index < -0.39 is 0 Å². The van der Waals surface area contributed by atoms with E-state index >= 15 is 0 Å². The highest BCUT2D eigenvalue weighted by Crippen LogP contribution is 2.20. The van der Waals surface area contributed by atoms with Crippen molar-refractivity contribution >= 4 is 23.4 Å². The van der Waals surface area contributed by atoms with Crippen molar-refractivity contribution in [3.63, 3.8) is 0 Å². The summed E-state index contributed by atoms with van der Waals surface area (Å²) in [6.45, 7) is 3.00. The molecule has 0 bridgehead atoms. The Bertz CT molecular complexity index is 458. The maximum Gasteiger partial charge on any atom is 0.239 e. The van der Waals surface area contributed by atoms with Gasteiger partial charge in [-0.2, -0.15) is 11.8 Å². The molecule has 6 heteroatoms. The summed E-state index contributed by atoms with van der Waals surface area (Å²) < 4.78 is 0. The summed E-state index contributed by atoms with van der Waals surface area (Å²) in [5.41, 5.74) is 7.03. The number of piperazine rings is 1. The molecule has 1 aliphatic heterocycles. The number of phenolic OH excluding ortho intramolecular Hbond substituents is 1. The molecule has 1 aromatic rings. The van der Waals surface area contributed by atoms with Crippen LogP contribution in [0.4, 0.5) is 5.69 Å². The molecule has 5 nitrogen and oxygen atoms in total. The molecule has 1 atom stereocenters. The molecule has 0 aromatic heterocycles. The minimum Gasteiger partial charge on any atom is -0.508 e. The normalized spacial score (nSPS) is 16.9. The first-order valence-electron chi connectivity index (χ1n) is 7.19. The number of carbonyl (C=O) groups excluding carboxylic acids is 1. The van der Waals surface area contributed by atoms with Crippen LogP contribution in [-0.2, 0) is 4.79 Å². The molecule has 0 aliphatic carbocycles. The first kappa shape index (κ1) is 16.0. The van der Waals surface area contributed by atoms with Crippen LogP contribution in [0.3, 0.4) is 0 Å². The van der Waals surface area contributed by atoms with E-state index in [4.69, 9.17) is 5.73 Å². The topological polar surface area (TPSA) is 69.8 Å². The van der Waals surface area contributed by atoms with Crippen molar-refractivity contribution in [1.29, 1.82) is 0 Å². The van der Waals surface area contributed by atoms with Gasteiger partial charge >= 0.3 is 0 Å². The molecule has 0 spiro atoms. The highest BCUT2D eigenvalue weighted by Gasteiger charge is 2.25. The summed E-state index contributed by atoms with van der Waals surface area (Å²) in [6, 6.07) is 6.79. The molecular formula is C15H23N3O2S. The fourth-order valence-electron chi connectivity index (χ4n) is 2.45. The average Bonchev–Trinajstić information content (AvgIpc) is 2.53. The van der Waals surface area contributed by atoms with E-state index in [1.54, 1.807) is 23.9 Å². The summed E-state index contributed by atoms with van der Waals surface area (Å²) in [5, 5.41) is 9.31. The number of aromatic hydroxyl groups is 1. The van der Waals surface area contributed by atoms with Gasteiger partial charge in [0.2, 0.25) is 5.91 Å². The third kappa shape index (κ3) is 4.28. The molecule has 1 amide bonds. The van der Waals surface area contributed by atoms with Gasteiger partial charge in [-0.3, -0.25) is 4.79 Å². The Hall–Kier alpha value is -1.40. The molecule has 116 valence electrons. The van der Waals surface area contributed by atoms with Crippen LogP contribution >= 0.6 is 11.8 Å². The third-order valence-corrected chi connectivity index (χ3v) is 4.40. The molecule has 1 heterocycles. The number of amides is 1. The van der Waals surface area contributed by atoms with Crippen molar-refractivity contribution in [2.75, 3.05) is 43.1 Å². The molecular weight excluding hydrogens is 286 g/mol. The number of carbonyl (C=O) groups is 1. The summed E-state index contributed by atoms with van der Waals surface area (Å²) in [6.07, 6.45) is 2.76. The predicted octanol–water partition coefficient (Wildman–Crippen LogP) is 1.12. The molecule has 0 unspecified atom stereocenters. The smallest absolute Gasteiger partial charge is 0.239 e. The van der Waals surface area contributed by atoms with Crippen molar-refractivity contribution in [3.05, 3.63) is 24.3 Å². The van der Waals surface area contributed by atoms with E-state index in [0.717, 1.165) is 31.0 Å². The van der Waals surface area contributed by atoms with Crippen molar-refractivity contribution in [2.45, 2.75) is 12.5 Å². The zero-order valence-corrected chi connectivity index (χ0v) is 13.2. The van der Waals surface area contributed by atoms with Gasteiger partial charge in [-0.1, -0.05) is 0 Å². The van der Waals surface area contributed by atoms with E-state index in [1.165, 1.54) is 0 Å². The Labute approximate surface area is 130 Å². The molecule has 1 saturated heterocycles. The van der Waals surface area contributed by atoms with Gasteiger partial charge in [0, 0.05) is 31.9 Å². The quantitative estimate of drug-likeness (QED) is 0.853. The Morgan fingerprint density at radius 1 is 1.29 bits per heavy atom.